The van der Waals surface area contributed by atoms with Gasteiger partial charge < -0.3 is 0 Å². The van der Waals surface area contributed by atoms with E-state index in [1.54, 1.807) is 0 Å². The lowest BCUT2D eigenvalue weighted by Gasteiger charge is -2.08. The smallest absolute Gasteiger partial charge is 0.226 e. The van der Waals surface area contributed by atoms with Gasteiger partial charge in [-0.1, -0.05) is 26.7 Å². The Morgan fingerprint density at radius 3 is 2.38 bits per heavy atom. The summed E-state index contributed by atoms with van der Waals surface area (Å²) in [5.74, 6) is 0.145. The normalized spacial score (nSPS) is 12.2. The Balaban J connectivity index is 3.51. The van der Waals surface area contributed by atoms with Crippen molar-refractivity contribution in [3.63, 3.8) is 0 Å². The molecule has 0 aromatic carbocycles. The van der Waals surface area contributed by atoms with Crippen molar-refractivity contribution in [2.24, 2.45) is 5.92 Å². The molecule has 0 radical (unpaired) electrons. The van der Waals surface area contributed by atoms with Crippen LogP contribution in [0.5, 0.6) is 0 Å². The number of rotatable bonds is 5. The standard InChI is InChI=1S/C10H19NO2/c1-4-5-8(2)6-7-10(13)11-9(3)12/h8H,4-7H2,1-3H3,(H,11,12,13). The molecular formula is C10H19NO2. The average Bonchev–Trinajstić information content (AvgIpc) is 2.00. The molecule has 0 aliphatic heterocycles. The fourth-order valence-electron chi connectivity index (χ4n) is 1.27. The van der Waals surface area contributed by atoms with Crippen LogP contribution in [0, 0.1) is 5.92 Å². The third-order valence-corrected chi connectivity index (χ3v) is 1.96. The largest absolute Gasteiger partial charge is 0.297 e. The van der Waals surface area contributed by atoms with Gasteiger partial charge in [0, 0.05) is 13.3 Å². The van der Waals surface area contributed by atoms with Crippen LogP contribution in [0.1, 0.15) is 46.5 Å². The van der Waals surface area contributed by atoms with E-state index in [9.17, 15) is 9.59 Å². The minimum Gasteiger partial charge on any atom is -0.297 e. The molecule has 2 amide bonds. The van der Waals surface area contributed by atoms with Gasteiger partial charge in [0.15, 0.2) is 0 Å². The van der Waals surface area contributed by atoms with Crippen LogP contribution in [0.2, 0.25) is 0 Å². The molecule has 0 fully saturated rings. The number of hydrogen-bond donors (Lipinski definition) is 1. The number of carbonyl (C=O) groups is 2. The van der Waals surface area contributed by atoms with Crippen molar-refractivity contribution < 1.29 is 9.59 Å². The molecule has 3 heteroatoms. The minimum atomic E-state index is -0.270. The van der Waals surface area contributed by atoms with Gasteiger partial charge in [-0.25, -0.2) is 0 Å². The summed E-state index contributed by atoms with van der Waals surface area (Å²) in [4.78, 5) is 21.5. The SMILES string of the molecule is CCCC(C)CCC(=O)NC(C)=O. The van der Waals surface area contributed by atoms with Crippen LogP contribution >= 0.6 is 0 Å². The summed E-state index contributed by atoms with van der Waals surface area (Å²) in [5, 5.41) is 2.26. The van der Waals surface area contributed by atoms with Gasteiger partial charge in [0.2, 0.25) is 11.8 Å². The van der Waals surface area contributed by atoms with Crippen molar-refractivity contribution in [1.82, 2.24) is 5.32 Å². The number of amides is 2. The second kappa shape index (κ2) is 6.63. The first-order valence-electron chi connectivity index (χ1n) is 4.86. The van der Waals surface area contributed by atoms with Gasteiger partial charge in [-0.05, 0) is 12.3 Å². The Labute approximate surface area is 79.9 Å². The molecular weight excluding hydrogens is 166 g/mol. The first-order chi connectivity index (χ1) is 6.06. The van der Waals surface area contributed by atoms with Gasteiger partial charge in [-0.15, -0.1) is 0 Å². The molecule has 0 heterocycles. The van der Waals surface area contributed by atoms with Crippen LogP contribution in [-0.4, -0.2) is 11.8 Å². The molecule has 0 aromatic heterocycles. The van der Waals surface area contributed by atoms with E-state index >= 15 is 0 Å². The molecule has 0 spiro atoms. The van der Waals surface area contributed by atoms with Crippen LogP contribution in [0.4, 0.5) is 0 Å². The van der Waals surface area contributed by atoms with Gasteiger partial charge in [0.05, 0.1) is 0 Å². The third kappa shape index (κ3) is 7.50. The second-order valence-electron chi connectivity index (χ2n) is 3.54. The molecule has 0 saturated carbocycles. The zero-order valence-corrected chi connectivity index (χ0v) is 8.72. The molecule has 0 bridgehead atoms. The molecule has 76 valence electrons. The van der Waals surface area contributed by atoms with Crippen molar-refractivity contribution in [3.05, 3.63) is 0 Å². The highest BCUT2D eigenvalue weighted by atomic mass is 16.2. The highest BCUT2D eigenvalue weighted by Gasteiger charge is 2.06. The highest BCUT2D eigenvalue weighted by molar-refractivity contribution is 5.93. The summed E-state index contributed by atoms with van der Waals surface area (Å²) in [6.07, 6.45) is 3.62. The number of carbonyl (C=O) groups excluding carboxylic acids is 2. The van der Waals surface area contributed by atoms with Crippen LogP contribution < -0.4 is 5.32 Å². The topological polar surface area (TPSA) is 46.2 Å². The summed E-state index contributed by atoms with van der Waals surface area (Å²) in [5.41, 5.74) is 0. The lowest BCUT2D eigenvalue weighted by Crippen LogP contribution is -2.27. The predicted octanol–water partition coefficient (Wildman–Crippen LogP) is 1.87. The van der Waals surface area contributed by atoms with E-state index in [0.29, 0.717) is 12.3 Å². The van der Waals surface area contributed by atoms with E-state index in [1.807, 2.05) is 0 Å². The maximum Gasteiger partial charge on any atom is 0.226 e. The first kappa shape index (κ1) is 12.1. The molecule has 0 aliphatic rings. The van der Waals surface area contributed by atoms with E-state index < -0.39 is 0 Å². The monoisotopic (exact) mass is 185 g/mol. The third-order valence-electron chi connectivity index (χ3n) is 1.96. The highest BCUT2D eigenvalue weighted by Crippen LogP contribution is 2.11. The van der Waals surface area contributed by atoms with Crippen molar-refractivity contribution in [1.29, 1.82) is 0 Å². The van der Waals surface area contributed by atoms with Gasteiger partial charge in [0.1, 0.15) is 0 Å². The molecule has 13 heavy (non-hydrogen) atoms. The fraction of sp³-hybridized carbons (Fsp3) is 0.800. The Morgan fingerprint density at radius 1 is 1.31 bits per heavy atom. The molecule has 3 nitrogen and oxygen atoms in total. The Kier molecular flexibility index (Phi) is 6.20. The summed E-state index contributed by atoms with van der Waals surface area (Å²) in [7, 11) is 0. The summed E-state index contributed by atoms with van der Waals surface area (Å²) in [6, 6.07) is 0. The number of hydrogen-bond acceptors (Lipinski definition) is 2. The second-order valence-corrected chi connectivity index (χ2v) is 3.54. The predicted molar refractivity (Wildman–Crippen MR) is 52.1 cm³/mol. The first-order valence-corrected chi connectivity index (χ1v) is 4.86. The molecule has 0 saturated heterocycles. The van der Waals surface area contributed by atoms with E-state index in [1.165, 1.54) is 6.92 Å². The van der Waals surface area contributed by atoms with E-state index in [4.69, 9.17) is 0 Å². The van der Waals surface area contributed by atoms with Crippen LogP contribution in [0.25, 0.3) is 0 Å². The summed E-state index contributed by atoms with van der Waals surface area (Å²) < 4.78 is 0. The van der Waals surface area contributed by atoms with Gasteiger partial charge in [-0.3, -0.25) is 14.9 Å². The maximum atomic E-state index is 11.0. The van der Waals surface area contributed by atoms with E-state index in [0.717, 1.165) is 19.3 Å². The summed E-state index contributed by atoms with van der Waals surface area (Å²) in [6.45, 7) is 5.62. The van der Waals surface area contributed by atoms with Gasteiger partial charge in [0.25, 0.3) is 0 Å². The van der Waals surface area contributed by atoms with Crippen LogP contribution in [0.15, 0.2) is 0 Å². The molecule has 0 rings (SSSR count). The fourth-order valence-corrected chi connectivity index (χ4v) is 1.27. The van der Waals surface area contributed by atoms with Gasteiger partial charge >= 0.3 is 0 Å². The van der Waals surface area contributed by atoms with Crippen molar-refractivity contribution in [2.45, 2.75) is 46.5 Å². The van der Waals surface area contributed by atoms with E-state index in [2.05, 4.69) is 19.2 Å². The van der Waals surface area contributed by atoms with Crippen molar-refractivity contribution in [3.8, 4) is 0 Å². The average molecular weight is 185 g/mol. The maximum absolute atomic E-state index is 11.0. The van der Waals surface area contributed by atoms with Gasteiger partial charge in [-0.2, -0.15) is 0 Å². The number of imide groups is 1. The lowest BCUT2D eigenvalue weighted by molar-refractivity contribution is -0.129. The number of nitrogens with one attached hydrogen (secondary N) is 1. The molecule has 0 aromatic rings. The van der Waals surface area contributed by atoms with Crippen molar-refractivity contribution >= 4 is 11.8 Å². The minimum absolute atomic E-state index is 0.157. The Morgan fingerprint density at radius 2 is 1.92 bits per heavy atom. The summed E-state index contributed by atoms with van der Waals surface area (Å²) >= 11 is 0. The van der Waals surface area contributed by atoms with Crippen LogP contribution in [0.3, 0.4) is 0 Å². The van der Waals surface area contributed by atoms with Crippen molar-refractivity contribution in [2.75, 3.05) is 0 Å². The zero-order chi connectivity index (χ0) is 10.3. The molecule has 1 atom stereocenters. The van der Waals surface area contributed by atoms with Crippen LogP contribution in [-0.2, 0) is 9.59 Å². The van der Waals surface area contributed by atoms with E-state index in [-0.39, 0.29) is 11.8 Å². The lowest BCUT2D eigenvalue weighted by atomic mass is 10.0. The molecule has 1 N–H and O–H groups in total. The zero-order valence-electron chi connectivity index (χ0n) is 8.72. The molecule has 0 aliphatic carbocycles. The Bertz CT molecular complexity index is 178. The quantitative estimate of drug-likeness (QED) is 0.710. The Hall–Kier alpha value is -0.860. The molecule has 1 unspecified atom stereocenters.